The smallest absolute Gasteiger partial charge is 0.183 e. The molecule has 0 saturated heterocycles. The van der Waals surface area contributed by atoms with Gasteiger partial charge in [0.2, 0.25) is 0 Å². The average Bonchev–Trinajstić information content (AvgIpc) is 1.82. The van der Waals surface area contributed by atoms with E-state index in [1.807, 2.05) is 19.1 Å². The average molecular weight is 161 g/mol. The number of hydrazine groups is 1. The predicted octanol–water partition coefficient (Wildman–Crippen LogP) is -0.699. The minimum absolute atomic E-state index is 0.333. The lowest BCUT2D eigenvalue weighted by atomic mass is 10.5. The van der Waals surface area contributed by atoms with E-state index in [4.69, 9.17) is 5.41 Å². The lowest BCUT2D eigenvalue weighted by Gasteiger charge is -2.08. The number of nitrogens with zero attached hydrogens (tertiary/aromatic N) is 1. The molecule has 0 atom stereocenters. The summed E-state index contributed by atoms with van der Waals surface area (Å²) in [6, 6.07) is 0. The Morgan fingerprint density at radius 3 is 1.91 bits per heavy atom. The summed E-state index contributed by atoms with van der Waals surface area (Å²) in [6.45, 7) is 3.23. The van der Waals surface area contributed by atoms with Gasteiger partial charge in [0.15, 0.2) is 5.96 Å². The molecule has 0 saturated carbocycles. The SMILES string of the molecule is CCCNN(C)C.N=C(N)N. The maximum Gasteiger partial charge on any atom is 0.183 e. The van der Waals surface area contributed by atoms with Gasteiger partial charge in [-0.25, -0.2) is 0 Å². The van der Waals surface area contributed by atoms with Crippen LogP contribution in [0.3, 0.4) is 0 Å². The fraction of sp³-hybridized carbons (Fsp3) is 0.833. The molecule has 0 aromatic heterocycles. The highest BCUT2D eigenvalue weighted by Crippen LogP contribution is 1.68. The Morgan fingerprint density at radius 2 is 1.82 bits per heavy atom. The van der Waals surface area contributed by atoms with Crippen LogP contribution in [0.25, 0.3) is 0 Å². The maximum atomic E-state index is 6.06. The van der Waals surface area contributed by atoms with Gasteiger partial charge in [0.05, 0.1) is 0 Å². The Kier molecular flexibility index (Phi) is 10.7. The highest BCUT2D eigenvalue weighted by Gasteiger charge is 1.80. The monoisotopic (exact) mass is 161 g/mol. The summed E-state index contributed by atoms with van der Waals surface area (Å²) in [5, 5.41) is 8.02. The van der Waals surface area contributed by atoms with E-state index in [2.05, 4.69) is 23.8 Å². The summed E-state index contributed by atoms with van der Waals surface area (Å²) < 4.78 is 0. The molecule has 6 N–H and O–H groups in total. The third-order valence-electron chi connectivity index (χ3n) is 0.678. The van der Waals surface area contributed by atoms with E-state index < -0.39 is 0 Å². The lowest BCUT2D eigenvalue weighted by Crippen LogP contribution is -2.30. The summed E-state index contributed by atoms with van der Waals surface area (Å²) in [5.41, 5.74) is 12.1. The molecule has 5 heteroatoms. The van der Waals surface area contributed by atoms with E-state index in [-0.39, 0.29) is 5.96 Å². The molecule has 0 aromatic carbocycles. The van der Waals surface area contributed by atoms with Crippen molar-refractivity contribution in [3.63, 3.8) is 0 Å². The van der Waals surface area contributed by atoms with Crippen molar-refractivity contribution in [3.8, 4) is 0 Å². The van der Waals surface area contributed by atoms with Gasteiger partial charge in [-0.05, 0) is 6.42 Å². The van der Waals surface area contributed by atoms with Crippen LogP contribution in [0.2, 0.25) is 0 Å². The van der Waals surface area contributed by atoms with Crippen molar-refractivity contribution >= 4 is 5.96 Å². The van der Waals surface area contributed by atoms with Crippen LogP contribution >= 0.6 is 0 Å². The Morgan fingerprint density at radius 1 is 1.45 bits per heavy atom. The minimum atomic E-state index is -0.333. The molecule has 11 heavy (non-hydrogen) atoms. The second kappa shape index (κ2) is 9.19. The standard InChI is InChI=1S/C5H14N2.CH5N3/c1-4-5-6-7(2)3;2-1(3)4/h6H,4-5H2,1-3H3;(H5,2,3,4). The molecule has 0 fully saturated rings. The maximum absolute atomic E-state index is 6.06. The molecule has 0 unspecified atom stereocenters. The van der Waals surface area contributed by atoms with Crippen LogP contribution in [0.4, 0.5) is 0 Å². The van der Waals surface area contributed by atoms with Crippen molar-refractivity contribution in [3.05, 3.63) is 0 Å². The molecule has 0 aliphatic rings. The normalized spacial score (nSPS) is 8.73. The Hall–Kier alpha value is -0.810. The van der Waals surface area contributed by atoms with Gasteiger partial charge in [-0.3, -0.25) is 15.8 Å². The van der Waals surface area contributed by atoms with Crippen molar-refractivity contribution in [2.24, 2.45) is 11.5 Å². The number of hydrogen-bond donors (Lipinski definition) is 4. The highest BCUT2D eigenvalue weighted by molar-refractivity contribution is 5.71. The first-order valence-electron chi connectivity index (χ1n) is 3.51. The summed E-state index contributed by atoms with van der Waals surface area (Å²) in [7, 11) is 3.99. The quantitative estimate of drug-likeness (QED) is 0.250. The van der Waals surface area contributed by atoms with Crippen molar-refractivity contribution < 1.29 is 0 Å². The second-order valence-corrected chi connectivity index (χ2v) is 2.26. The van der Waals surface area contributed by atoms with Gasteiger partial charge in [0.1, 0.15) is 0 Å². The van der Waals surface area contributed by atoms with Crippen LogP contribution < -0.4 is 16.9 Å². The van der Waals surface area contributed by atoms with Crippen molar-refractivity contribution in [2.45, 2.75) is 13.3 Å². The van der Waals surface area contributed by atoms with Crippen LogP contribution in [0, 0.1) is 5.41 Å². The van der Waals surface area contributed by atoms with Gasteiger partial charge in [-0.2, -0.15) is 0 Å². The third kappa shape index (κ3) is 46.7. The largest absolute Gasteiger partial charge is 0.370 e. The van der Waals surface area contributed by atoms with Crippen LogP contribution in [-0.4, -0.2) is 31.6 Å². The molecular formula is C6H19N5. The van der Waals surface area contributed by atoms with Crippen LogP contribution in [-0.2, 0) is 0 Å². The third-order valence-corrected chi connectivity index (χ3v) is 0.678. The molecule has 0 aliphatic carbocycles. The number of nitrogens with one attached hydrogen (secondary N) is 2. The summed E-state index contributed by atoms with van der Waals surface area (Å²) >= 11 is 0. The lowest BCUT2D eigenvalue weighted by molar-refractivity contribution is 0.291. The first-order chi connectivity index (χ1) is 5.00. The molecular weight excluding hydrogens is 142 g/mol. The van der Waals surface area contributed by atoms with Crippen molar-refractivity contribution in [1.29, 1.82) is 5.41 Å². The van der Waals surface area contributed by atoms with Crippen LogP contribution in [0.15, 0.2) is 0 Å². The van der Waals surface area contributed by atoms with E-state index >= 15 is 0 Å². The molecule has 5 nitrogen and oxygen atoms in total. The Bertz CT molecular complexity index is 87.0. The minimum Gasteiger partial charge on any atom is -0.370 e. The van der Waals surface area contributed by atoms with Gasteiger partial charge in [-0.15, -0.1) is 0 Å². The van der Waals surface area contributed by atoms with E-state index in [0.717, 1.165) is 6.54 Å². The van der Waals surface area contributed by atoms with E-state index in [1.165, 1.54) is 6.42 Å². The predicted molar refractivity (Wildman–Crippen MR) is 48.1 cm³/mol. The number of nitrogens with two attached hydrogens (primary N) is 2. The van der Waals surface area contributed by atoms with Gasteiger partial charge in [0.25, 0.3) is 0 Å². The Balaban J connectivity index is 0. The first kappa shape index (κ1) is 12.8. The number of guanidine groups is 1. The zero-order valence-corrected chi connectivity index (χ0v) is 7.52. The fourth-order valence-electron chi connectivity index (χ4n) is 0.335. The molecule has 0 radical (unpaired) electrons. The van der Waals surface area contributed by atoms with Crippen molar-refractivity contribution in [1.82, 2.24) is 10.4 Å². The Labute approximate surface area is 68.2 Å². The van der Waals surface area contributed by atoms with E-state index in [0.29, 0.717) is 0 Å². The summed E-state index contributed by atoms with van der Waals surface area (Å²) in [4.78, 5) is 0. The molecule has 0 rings (SSSR count). The molecule has 68 valence electrons. The van der Waals surface area contributed by atoms with Gasteiger partial charge >= 0.3 is 0 Å². The summed E-state index contributed by atoms with van der Waals surface area (Å²) in [6.07, 6.45) is 1.19. The molecule has 0 heterocycles. The van der Waals surface area contributed by atoms with Crippen LogP contribution in [0.5, 0.6) is 0 Å². The summed E-state index contributed by atoms with van der Waals surface area (Å²) in [5.74, 6) is -0.333. The molecule has 0 amide bonds. The zero-order chi connectivity index (χ0) is 9.28. The van der Waals surface area contributed by atoms with Gasteiger partial charge < -0.3 is 11.5 Å². The van der Waals surface area contributed by atoms with Crippen LogP contribution in [0.1, 0.15) is 13.3 Å². The number of hydrogen-bond acceptors (Lipinski definition) is 3. The highest BCUT2D eigenvalue weighted by atomic mass is 15.5. The van der Waals surface area contributed by atoms with Gasteiger partial charge in [-0.1, -0.05) is 6.92 Å². The first-order valence-corrected chi connectivity index (χ1v) is 3.51. The molecule has 0 spiro atoms. The van der Waals surface area contributed by atoms with Crippen molar-refractivity contribution in [2.75, 3.05) is 20.6 Å². The molecule has 0 aliphatic heterocycles. The fourth-order valence-corrected chi connectivity index (χ4v) is 0.335. The van der Waals surface area contributed by atoms with E-state index in [9.17, 15) is 0 Å². The molecule has 0 bridgehead atoms. The zero-order valence-electron chi connectivity index (χ0n) is 7.52. The van der Waals surface area contributed by atoms with E-state index in [1.54, 1.807) is 0 Å². The molecule has 0 aromatic rings. The van der Waals surface area contributed by atoms with Gasteiger partial charge in [0, 0.05) is 20.6 Å². The second-order valence-electron chi connectivity index (χ2n) is 2.26. The topological polar surface area (TPSA) is 91.2 Å². The number of rotatable bonds is 3.